The lowest BCUT2D eigenvalue weighted by Gasteiger charge is -2.19. The van der Waals surface area contributed by atoms with E-state index in [0.717, 1.165) is 17.7 Å². The average molecular weight is 344 g/mol. The Bertz CT molecular complexity index is 706. The number of anilines is 1. The number of benzene rings is 1. The molecule has 3 amide bonds. The predicted molar refractivity (Wildman–Crippen MR) is 88.6 cm³/mol. The molecule has 0 radical (unpaired) electrons. The summed E-state index contributed by atoms with van der Waals surface area (Å²) in [6.07, 6.45) is 3.29. The number of methoxy groups -OCH3 is 1. The Balaban J connectivity index is 1.70. The maximum Gasteiger partial charge on any atom is 0.339 e. The van der Waals surface area contributed by atoms with Crippen LogP contribution >= 0.6 is 0 Å². The summed E-state index contributed by atoms with van der Waals surface area (Å²) in [4.78, 5) is 49.9. The lowest BCUT2D eigenvalue weighted by molar-refractivity contribution is -0.142. The van der Waals surface area contributed by atoms with Crippen molar-refractivity contribution in [3.8, 4) is 0 Å². The van der Waals surface area contributed by atoms with Gasteiger partial charge in [0.15, 0.2) is 0 Å². The third-order valence-corrected chi connectivity index (χ3v) is 4.84. The van der Waals surface area contributed by atoms with Crippen molar-refractivity contribution in [2.75, 3.05) is 19.0 Å². The van der Waals surface area contributed by atoms with E-state index < -0.39 is 11.9 Å². The summed E-state index contributed by atoms with van der Waals surface area (Å²) in [7, 11) is 1.25. The number of likely N-dealkylation sites (tertiary alicyclic amines) is 1. The molecule has 1 N–H and O–H groups in total. The van der Waals surface area contributed by atoms with Gasteiger partial charge in [0.05, 0.1) is 30.2 Å². The van der Waals surface area contributed by atoms with Gasteiger partial charge in [0.25, 0.3) is 0 Å². The lowest BCUT2D eigenvalue weighted by Crippen LogP contribution is -2.38. The normalized spacial score (nSPS) is 22.5. The van der Waals surface area contributed by atoms with E-state index in [9.17, 15) is 19.2 Å². The summed E-state index contributed by atoms with van der Waals surface area (Å²) in [5.74, 6) is -2.17. The number of fused-ring (bicyclic) bond motifs is 1. The van der Waals surface area contributed by atoms with Gasteiger partial charge < -0.3 is 10.1 Å². The van der Waals surface area contributed by atoms with Gasteiger partial charge in [-0.2, -0.15) is 0 Å². The molecule has 132 valence electrons. The highest BCUT2D eigenvalue weighted by atomic mass is 16.5. The number of nitrogens with zero attached hydrogens (tertiary/aromatic N) is 1. The molecule has 2 fully saturated rings. The molecule has 0 aromatic heterocycles. The van der Waals surface area contributed by atoms with Crippen LogP contribution in [0.2, 0.25) is 0 Å². The number of hydrogen-bond donors (Lipinski definition) is 1. The van der Waals surface area contributed by atoms with Crippen molar-refractivity contribution < 1.29 is 23.9 Å². The standard InChI is InChI=1S/C18H20N2O5/c1-25-18(24)13-8-4-5-9-14(13)19-15(21)10-20-16(22)11-6-2-3-7-12(11)17(20)23/h4-5,8-9,11-12H,2-3,6-7,10H2,1H3,(H,19,21)/t11-,12-/m1/s1. The number of carbonyl (C=O) groups excluding carboxylic acids is 4. The van der Waals surface area contributed by atoms with Crippen LogP contribution in [0.3, 0.4) is 0 Å². The fourth-order valence-electron chi connectivity index (χ4n) is 3.60. The highest BCUT2D eigenvalue weighted by Gasteiger charge is 2.48. The monoisotopic (exact) mass is 344 g/mol. The molecule has 1 aliphatic heterocycles. The molecule has 1 saturated heterocycles. The van der Waals surface area contributed by atoms with Gasteiger partial charge in [-0.25, -0.2) is 4.79 Å². The van der Waals surface area contributed by atoms with E-state index in [1.807, 2.05) is 0 Å². The summed E-state index contributed by atoms with van der Waals surface area (Å²) in [5, 5.41) is 2.59. The number of rotatable bonds is 4. The summed E-state index contributed by atoms with van der Waals surface area (Å²) in [5.41, 5.74) is 0.502. The van der Waals surface area contributed by atoms with Crippen LogP contribution in [0.4, 0.5) is 5.69 Å². The van der Waals surface area contributed by atoms with Gasteiger partial charge in [0.2, 0.25) is 17.7 Å². The molecule has 1 aromatic rings. The Kier molecular flexibility index (Phi) is 4.83. The van der Waals surface area contributed by atoms with Crippen LogP contribution in [0, 0.1) is 11.8 Å². The summed E-state index contributed by atoms with van der Waals surface area (Å²) < 4.78 is 4.68. The molecule has 1 heterocycles. The van der Waals surface area contributed by atoms with Crippen LogP contribution in [0.5, 0.6) is 0 Å². The zero-order valence-corrected chi connectivity index (χ0v) is 14.0. The average Bonchev–Trinajstić information content (AvgIpc) is 2.87. The van der Waals surface area contributed by atoms with Crippen LogP contribution in [0.1, 0.15) is 36.0 Å². The van der Waals surface area contributed by atoms with Crippen LogP contribution in [-0.4, -0.2) is 42.2 Å². The SMILES string of the molecule is COC(=O)c1ccccc1NC(=O)CN1C(=O)[C@@H]2CCCC[C@H]2C1=O. The Morgan fingerprint density at radius 2 is 1.72 bits per heavy atom. The van der Waals surface area contributed by atoms with Crippen LogP contribution in [0.15, 0.2) is 24.3 Å². The fraction of sp³-hybridized carbons (Fsp3) is 0.444. The van der Waals surface area contributed by atoms with Gasteiger partial charge in [-0.15, -0.1) is 0 Å². The topological polar surface area (TPSA) is 92.8 Å². The highest BCUT2D eigenvalue weighted by molar-refractivity contribution is 6.09. The highest BCUT2D eigenvalue weighted by Crippen LogP contribution is 2.37. The minimum absolute atomic E-state index is 0.214. The lowest BCUT2D eigenvalue weighted by atomic mass is 9.81. The molecule has 7 nitrogen and oxygen atoms in total. The number of amides is 3. The molecule has 1 aliphatic carbocycles. The van der Waals surface area contributed by atoms with Crippen molar-refractivity contribution in [2.45, 2.75) is 25.7 Å². The quantitative estimate of drug-likeness (QED) is 0.661. The summed E-state index contributed by atoms with van der Waals surface area (Å²) in [6, 6.07) is 6.42. The van der Waals surface area contributed by atoms with E-state index in [2.05, 4.69) is 10.1 Å². The largest absolute Gasteiger partial charge is 0.465 e. The van der Waals surface area contributed by atoms with Gasteiger partial charge in [-0.3, -0.25) is 19.3 Å². The Morgan fingerprint density at radius 1 is 1.12 bits per heavy atom. The Labute approximate surface area is 145 Å². The fourth-order valence-corrected chi connectivity index (χ4v) is 3.60. The van der Waals surface area contributed by atoms with E-state index in [0.29, 0.717) is 12.8 Å². The van der Waals surface area contributed by atoms with Crippen molar-refractivity contribution in [3.05, 3.63) is 29.8 Å². The second kappa shape index (κ2) is 7.04. The Hall–Kier alpha value is -2.70. The minimum atomic E-state index is -0.574. The van der Waals surface area contributed by atoms with Crippen LogP contribution in [0.25, 0.3) is 0 Å². The molecule has 3 rings (SSSR count). The molecule has 2 aliphatic rings. The minimum Gasteiger partial charge on any atom is -0.465 e. The van der Waals surface area contributed by atoms with Gasteiger partial charge in [-0.05, 0) is 25.0 Å². The second-order valence-electron chi connectivity index (χ2n) is 6.35. The van der Waals surface area contributed by atoms with E-state index in [4.69, 9.17) is 0 Å². The number of ether oxygens (including phenoxy) is 1. The maximum atomic E-state index is 12.4. The molecule has 0 unspecified atom stereocenters. The van der Waals surface area contributed by atoms with Gasteiger partial charge in [-0.1, -0.05) is 25.0 Å². The first-order valence-corrected chi connectivity index (χ1v) is 8.35. The molecule has 0 spiro atoms. The van der Waals surface area contributed by atoms with Gasteiger partial charge in [0, 0.05) is 0 Å². The maximum absolute atomic E-state index is 12.4. The zero-order valence-electron chi connectivity index (χ0n) is 14.0. The Morgan fingerprint density at radius 3 is 2.32 bits per heavy atom. The molecule has 25 heavy (non-hydrogen) atoms. The van der Waals surface area contributed by atoms with Crippen LogP contribution in [-0.2, 0) is 19.1 Å². The van der Waals surface area contributed by atoms with E-state index in [-0.39, 0.29) is 41.4 Å². The molecule has 1 saturated carbocycles. The van der Waals surface area contributed by atoms with E-state index >= 15 is 0 Å². The third-order valence-electron chi connectivity index (χ3n) is 4.84. The van der Waals surface area contributed by atoms with Crippen molar-refractivity contribution in [2.24, 2.45) is 11.8 Å². The molecule has 0 bridgehead atoms. The zero-order chi connectivity index (χ0) is 18.0. The molecule has 2 atom stereocenters. The second-order valence-corrected chi connectivity index (χ2v) is 6.35. The first kappa shape index (κ1) is 17.1. The summed E-state index contributed by atoms with van der Waals surface area (Å²) in [6.45, 7) is -0.333. The van der Waals surface area contributed by atoms with E-state index in [1.54, 1.807) is 18.2 Å². The van der Waals surface area contributed by atoms with Crippen molar-refractivity contribution >= 4 is 29.4 Å². The van der Waals surface area contributed by atoms with Gasteiger partial charge in [0.1, 0.15) is 6.54 Å². The number of imide groups is 1. The number of nitrogens with one attached hydrogen (secondary N) is 1. The predicted octanol–water partition coefficient (Wildman–Crippen LogP) is 1.59. The number of carbonyl (C=O) groups is 4. The van der Waals surface area contributed by atoms with Crippen molar-refractivity contribution in [1.82, 2.24) is 4.90 Å². The summed E-state index contributed by atoms with van der Waals surface area (Å²) >= 11 is 0. The van der Waals surface area contributed by atoms with Crippen molar-refractivity contribution in [1.29, 1.82) is 0 Å². The van der Waals surface area contributed by atoms with Crippen molar-refractivity contribution in [3.63, 3.8) is 0 Å². The van der Waals surface area contributed by atoms with Gasteiger partial charge >= 0.3 is 5.97 Å². The third kappa shape index (κ3) is 3.26. The number of para-hydroxylation sites is 1. The molecule has 1 aromatic carbocycles. The van der Waals surface area contributed by atoms with E-state index in [1.165, 1.54) is 13.2 Å². The number of hydrogen-bond acceptors (Lipinski definition) is 5. The smallest absolute Gasteiger partial charge is 0.339 e. The first-order valence-electron chi connectivity index (χ1n) is 8.35. The van der Waals surface area contributed by atoms with Crippen LogP contribution < -0.4 is 5.32 Å². The first-order chi connectivity index (χ1) is 12.0. The molecular formula is C18H20N2O5. The molecular weight excluding hydrogens is 324 g/mol. The number of esters is 1. The molecule has 7 heteroatoms.